The van der Waals surface area contributed by atoms with Crippen LogP contribution in [-0.4, -0.2) is 56.5 Å². The monoisotopic (exact) mass is 554 g/mol. The molecule has 1 atom stereocenters. The number of anilines is 1. The second-order valence-corrected chi connectivity index (χ2v) is 12.8. The van der Waals surface area contributed by atoms with E-state index in [4.69, 9.17) is 14.2 Å². The largest absolute Gasteiger partial charge is 0.465 e. The molecule has 0 spiro atoms. The summed E-state index contributed by atoms with van der Waals surface area (Å²) < 4.78 is 56.5. The fourth-order valence-corrected chi connectivity index (χ4v) is 6.53. The smallest absolute Gasteiger partial charge is 0.317 e. The number of aromatic nitrogens is 1. The number of nitrogens with zero attached hydrogens (tertiary/aromatic N) is 1. The van der Waals surface area contributed by atoms with Crippen molar-refractivity contribution in [3.8, 4) is 0 Å². The third kappa shape index (κ3) is 6.19. The van der Waals surface area contributed by atoms with E-state index in [1.807, 2.05) is 0 Å². The van der Waals surface area contributed by atoms with Crippen LogP contribution in [0.25, 0.3) is 0 Å². The van der Waals surface area contributed by atoms with Crippen LogP contribution in [0.5, 0.6) is 0 Å². The van der Waals surface area contributed by atoms with Gasteiger partial charge in [0, 0.05) is 13.2 Å². The summed E-state index contributed by atoms with van der Waals surface area (Å²) in [6, 6.07) is 6.10. The molecular weight excluding hydrogens is 523 g/mol. The number of ether oxygens (including phenoxy) is 3. The van der Waals surface area contributed by atoms with E-state index in [0.29, 0.717) is 55.8 Å². The van der Waals surface area contributed by atoms with E-state index >= 15 is 0 Å². The average Bonchev–Trinajstić information content (AvgIpc) is 3.67. The van der Waals surface area contributed by atoms with Crippen molar-refractivity contribution in [3.05, 3.63) is 40.7 Å². The average molecular weight is 555 g/mol. The molecule has 9 nitrogen and oxygen atoms in total. The number of thiazole rings is 1. The van der Waals surface area contributed by atoms with Gasteiger partial charge < -0.3 is 14.2 Å². The number of hydrogen-bond donors (Lipinski definition) is 1. The predicted octanol–water partition coefficient (Wildman–Crippen LogP) is 3.93. The summed E-state index contributed by atoms with van der Waals surface area (Å²) in [4.78, 5) is 30.1. The van der Waals surface area contributed by atoms with Crippen molar-refractivity contribution in [1.29, 1.82) is 0 Å². The number of hydrogen-bond acceptors (Lipinski definition) is 9. The van der Waals surface area contributed by atoms with Gasteiger partial charge in [0.25, 0.3) is 5.91 Å². The zero-order chi connectivity index (χ0) is 26.8. The molecule has 12 heteroatoms. The zero-order valence-corrected chi connectivity index (χ0v) is 22.6. The Morgan fingerprint density at radius 2 is 1.84 bits per heavy atom. The molecule has 1 N–H and O–H groups in total. The Morgan fingerprint density at radius 3 is 2.43 bits per heavy atom. The fourth-order valence-electron chi connectivity index (χ4n) is 4.02. The molecular formula is C25H31FN2O7S2. The van der Waals surface area contributed by atoms with Crippen molar-refractivity contribution in [1.82, 2.24) is 4.98 Å². The number of nitrogens with one attached hydrogen (secondary N) is 1. The van der Waals surface area contributed by atoms with Crippen LogP contribution in [0.2, 0.25) is 0 Å². The molecule has 202 valence electrons. The minimum absolute atomic E-state index is 0.0246. The third-order valence-electron chi connectivity index (χ3n) is 6.40. The summed E-state index contributed by atoms with van der Waals surface area (Å²) in [6.07, 6.45) is 1.17. The van der Waals surface area contributed by atoms with Gasteiger partial charge in [0.2, 0.25) is 5.13 Å². The summed E-state index contributed by atoms with van der Waals surface area (Å²) >= 11 is 0.607. The predicted molar refractivity (Wildman–Crippen MR) is 135 cm³/mol. The molecule has 1 saturated heterocycles. The van der Waals surface area contributed by atoms with Gasteiger partial charge in [0.15, 0.2) is 21.1 Å². The number of carbonyl (C=O) groups excluding carboxylic acids is 2. The maximum absolute atomic E-state index is 14.8. The molecule has 2 heterocycles. The van der Waals surface area contributed by atoms with Gasteiger partial charge in [0.05, 0.1) is 22.9 Å². The SMILES string of the molecule is CCOC(=O)C(C)(C)c1nc(NC(=O)C(OC2CCOCC2)c2ccc(S(=O)(=O)C3CC3)cc2)sc1F. The first-order valence-corrected chi connectivity index (χ1v) is 14.6. The first kappa shape index (κ1) is 27.6. The summed E-state index contributed by atoms with van der Waals surface area (Å²) in [5.74, 6) is -1.21. The number of benzene rings is 1. The number of esters is 1. The minimum Gasteiger partial charge on any atom is -0.465 e. The van der Waals surface area contributed by atoms with Crippen LogP contribution in [0.15, 0.2) is 29.2 Å². The summed E-state index contributed by atoms with van der Waals surface area (Å²) in [6.45, 7) is 5.81. The van der Waals surface area contributed by atoms with Crippen LogP contribution >= 0.6 is 11.3 Å². The maximum atomic E-state index is 14.8. The Kier molecular flexibility index (Phi) is 8.32. The van der Waals surface area contributed by atoms with Gasteiger partial charge in [0.1, 0.15) is 11.1 Å². The summed E-state index contributed by atoms with van der Waals surface area (Å²) in [5.41, 5.74) is -1.01. The Balaban J connectivity index is 1.57. The van der Waals surface area contributed by atoms with Gasteiger partial charge in [-0.05, 0) is 64.2 Å². The number of sulfone groups is 1. The highest BCUT2D eigenvalue weighted by molar-refractivity contribution is 7.92. The highest BCUT2D eigenvalue weighted by Crippen LogP contribution is 2.35. The van der Waals surface area contributed by atoms with Crippen LogP contribution < -0.4 is 5.32 Å². The van der Waals surface area contributed by atoms with E-state index in [0.717, 1.165) is 0 Å². The molecule has 1 aromatic carbocycles. The van der Waals surface area contributed by atoms with Gasteiger partial charge in [-0.15, -0.1) is 0 Å². The van der Waals surface area contributed by atoms with E-state index in [-0.39, 0.29) is 33.7 Å². The van der Waals surface area contributed by atoms with Gasteiger partial charge in [-0.2, -0.15) is 4.39 Å². The van der Waals surface area contributed by atoms with Gasteiger partial charge in [-0.25, -0.2) is 13.4 Å². The first-order chi connectivity index (χ1) is 17.5. The molecule has 2 aliphatic rings. The van der Waals surface area contributed by atoms with Gasteiger partial charge in [-0.1, -0.05) is 23.5 Å². The number of carbonyl (C=O) groups is 2. The Bertz CT molecular complexity index is 1230. The van der Waals surface area contributed by atoms with Crippen LogP contribution in [0.3, 0.4) is 0 Å². The first-order valence-electron chi connectivity index (χ1n) is 12.3. The minimum atomic E-state index is -3.38. The molecule has 1 saturated carbocycles. The molecule has 1 aliphatic carbocycles. The van der Waals surface area contributed by atoms with Crippen molar-refractivity contribution < 1.29 is 36.6 Å². The van der Waals surface area contributed by atoms with Crippen molar-refractivity contribution in [3.63, 3.8) is 0 Å². The van der Waals surface area contributed by atoms with Gasteiger partial charge in [-0.3, -0.25) is 14.9 Å². The molecule has 4 rings (SSSR count). The topological polar surface area (TPSA) is 121 Å². The quantitative estimate of drug-likeness (QED) is 0.439. The number of halogens is 1. The molecule has 1 unspecified atom stereocenters. The lowest BCUT2D eigenvalue weighted by molar-refractivity contribution is -0.149. The normalized spacial score (nSPS) is 17.8. The molecule has 2 fully saturated rings. The maximum Gasteiger partial charge on any atom is 0.317 e. The molecule has 37 heavy (non-hydrogen) atoms. The standard InChI is InChI=1S/C25H31FN2O7S2/c1-4-34-23(30)25(2,3)20-21(26)36-24(27-20)28-22(29)19(35-16-11-13-33-14-12-16)15-5-7-17(8-6-15)37(31,32)18-9-10-18/h5-8,16,18-19H,4,9-14H2,1-3H3,(H,27,28,29). The highest BCUT2D eigenvalue weighted by Gasteiger charge is 2.39. The van der Waals surface area contributed by atoms with E-state index in [1.165, 1.54) is 26.0 Å². The van der Waals surface area contributed by atoms with E-state index in [2.05, 4.69) is 10.3 Å². The fraction of sp³-hybridized carbons (Fsp3) is 0.560. The van der Waals surface area contributed by atoms with Crippen LogP contribution in [0.1, 0.15) is 63.8 Å². The second-order valence-electron chi connectivity index (χ2n) is 9.62. The lowest BCUT2D eigenvalue weighted by atomic mass is 9.90. The van der Waals surface area contributed by atoms with E-state index < -0.39 is 38.4 Å². The third-order valence-corrected chi connectivity index (χ3v) is 9.44. The number of amides is 1. The van der Waals surface area contributed by atoms with Crippen LogP contribution in [0, 0.1) is 5.13 Å². The van der Waals surface area contributed by atoms with Crippen molar-refractivity contribution in [2.45, 2.75) is 74.2 Å². The van der Waals surface area contributed by atoms with E-state index in [1.54, 1.807) is 19.1 Å². The highest BCUT2D eigenvalue weighted by atomic mass is 32.2. The Morgan fingerprint density at radius 1 is 1.19 bits per heavy atom. The van der Waals surface area contributed by atoms with Crippen molar-refractivity contribution in [2.24, 2.45) is 0 Å². The molecule has 1 amide bonds. The second kappa shape index (κ2) is 11.1. The van der Waals surface area contributed by atoms with Crippen LogP contribution in [0.4, 0.5) is 9.52 Å². The lowest BCUT2D eigenvalue weighted by Crippen LogP contribution is -2.32. The number of rotatable bonds is 10. The van der Waals surface area contributed by atoms with Crippen LogP contribution in [-0.2, 0) is 39.1 Å². The van der Waals surface area contributed by atoms with E-state index in [9.17, 15) is 22.4 Å². The summed E-state index contributed by atoms with van der Waals surface area (Å²) in [5, 5.41) is 1.54. The molecule has 2 aromatic rings. The Hall–Kier alpha value is -2.41. The molecule has 0 bridgehead atoms. The summed E-state index contributed by atoms with van der Waals surface area (Å²) in [7, 11) is -3.38. The molecule has 1 aromatic heterocycles. The van der Waals surface area contributed by atoms with Crippen molar-refractivity contribution >= 4 is 38.2 Å². The molecule has 0 radical (unpaired) electrons. The van der Waals surface area contributed by atoms with Gasteiger partial charge >= 0.3 is 5.97 Å². The Labute approximate surface area is 219 Å². The zero-order valence-electron chi connectivity index (χ0n) is 21.0. The lowest BCUT2D eigenvalue weighted by Gasteiger charge is -2.27. The molecule has 1 aliphatic heterocycles. The van der Waals surface area contributed by atoms with Crippen molar-refractivity contribution in [2.75, 3.05) is 25.1 Å².